The van der Waals surface area contributed by atoms with Gasteiger partial charge in [0.2, 0.25) is 0 Å². The smallest absolute Gasteiger partial charge is 0.140 e. The van der Waals surface area contributed by atoms with E-state index in [9.17, 15) is 8.60 Å². The molecule has 0 heterocycles. The van der Waals surface area contributed by atoms with Gasteiger partial charge in [-0.3, -0.25) is 0 Å². The largest absolute Gasteiger partial charge is 0.249 e. The van der Waals surface area contributed by atoms with Crippen LogP contribution in [0.25, 0.3) is 0 Å². The third-order valence-corrected chi connectivity index (χ3v) is 2.85. The van der Waals surface area contributed by atoms with Gasteiger partial charge in [0, 0.05) is 6.26 Å². The van der Waals surface area contributed by atoms with E-state index in [0.717, 1.165) is 0 Å². The van der Waals surface area contributed by atoms with E-state index in [0.29, 0.717) is 5.56 Å². The van der Waals surface area contributed by atoms with E-state index in [1.807, 2.05) is 0 Å². The Morgan fingerprint density at radius 1 is 1.50 bits per heavy atom. The van der Waals surface area contributed by atoms with Gasteiger partial charge in [-0.15, -0.1) is 0 Å². The van der Waals surface area contributed by atoms with E-state index >= 15 is 0 Å². The van der Waals surface area contributed by atoms with Crippen molar-refractivity contribution in [3.05, 3.63) is 29.6 Å². The summed E-state index contributed by atoms with van der Waals surface area (Å²) in [5.41, 5.74) is 0.567. The molecular weight excluding hydrogens is 177 g/mol. The second-order valence-corrected chi connectivity index (χ2v) is 4.83. The van der Waals surface area contributed by atoms with Crippen molar-refractivity contribution in [2.45, 2.75) is 11.8 Å². The molecule has 0 saturated heterocycles. The van der Waals surface area contributed by atoms with E-state index in [1.165, 1.54) is 12.3 Å². The normalized spacial score (nSPS) is 15.6. The first-order valence-electron chi connectivity index (χ1n) is 3.42. The predicted octanol–water partition coefficient (Wildman–Crippen LogP) is 2.17. The molecule has 0 radical (unpaired) electrons. The molecule has 1 aromatic rings. The minimum Gasteiger partial charge on any atom is -0.249 e. The summed E-state index contributed by atoms with van der Waals surface area (Å²) >= 11 is 0. The molecule has 0 aliphatic rings. The zero-order valence-electron chi connectivity index (χ0n) is 6.93. The van der Waals surface area contributed by atoms with Crippen molar-refractivity contribution in [2.75, 3.05) is 6.26 Å². The molecule has 1 atom stereocenters. The van der Waals surface area contributed by atoms with Crippen LogP contribution in [0.2, 0.25) is 0 Å². The second kappa shape index (κ2) is 2.86. The van der Waals surface area contributed by atoms with Crippen LogP contribution in [0, 0.1) is 17.5 Å². The maximum absolute atomic E-state index is 13.0. The van der Waals surface area contributed by atoms with Crippen LogP contribution in [0.1, 0.15) is 5.56 Å². The lowest BCUT2D eigenvalue weighted by molar-refractivity contribution is 0.591. The van der Waals surface area contributed by atoms with Crippen LogP contribution < -0.4 is 0 Å². The van der Waals surface area contributed by atoms with Crippen LogP contribution in [-0.2, 0) is 9.73 Å². The van der Waals surface area contributed by atoms with E-state index < -0.39 is 15.5 Å². The second-order valence-electron chi connectivity index (χ2n) is 2.73. The molecule has 0 fully saturated rings. The van der Waals surface area contributed by atoms with Gasteiger partial charge in [-0.2, -0.15) is 0 Å². The Labute approximate surface area is 71.4 Å². The number of hydrogen-bond donors (Lipinski definition) is 1. The molecule has 0 aromatic heterocycles. The topological polar surface area (TPSA) is 40.9 Å². The Kier molecular flexibility index (Phi) is 2.19. The van der Waals surface area contributed by atoms with Gasteiger partial charge in [0.1, 0.15) is 5.82 Å². The molecule has 0 aliphatic carbocycles. The zero-order chi connectivity index (χ0) is 9.35. The van der Waals surface area contributed by atoms with Gasteiger partial charge in [0.25, 0.3) is 0 Å². The Bertz CT molecular complexity index is 377. The molecule has 66 valence electrons. The van der Waals surface area contributed by atoms with E-state index in [4.69, 9.17) is 4.78 Å². The summed E-state index contributed by atoms with van der Waals surface area (Å²) in [5.74, 6) is -0.558. The standard InChI is InChI=1S/C8H10FNOS/c1-6-4-3-5-7(9)8(6)12(2,10)11/h3-5,10H,1-2H3. The Balaban J connectivity index is 3.53. The minimum absolute atomic E-state index is 0.0185. The Morgan fingerprint density at radius 2 is 2.08 bits per heavy atom. The molecule has 12 heavy (non-hydrogen) atoms. The number of halogens is 1. The van der Waals surface area contributed by atoms with E-state index in [2.05, 4.69) is 0 Å². The first-order chi connectivity index (χ1) is 5.43. The monoisotopic (exact) mass is 187 g/mol. The third kappa shape index (κ3) is 1.64. The highest BCUT2D eigenvalue weighted by molar-refractivity contribution is 7.91. The van der Waals surface area contributed by atoms with Crippen LogP contribution in [0.15, 0.2) is 23.1 Å². The first-order valence-corrected chi connectivity index (χ1v) is 5.38. The number of aryl methyl sites for hydroxylation is 1. The fourth-order valence-corrected chi connectivity index (χ4v) is 2.23. The molecule has 0 saturated carbocycles. The van der Waals surface area contributed by atoms with Crippen molar-refractivity contribution in [2.24, 2.45) is 0 Å². The van der Waals surface area contributed by atoms with E-state index in [-0.39, 0.29) is 4.90 Å². The molecular formula is C8H10FNOS. The average Bonchev–Trinajstić information content (AvgIpc) is 1.82. The molecule has 1 aromatic carbocycles. The predicted molar refractivity (Wildman–Crippen MR) is 46.2 cm³/mol. The lowest BCUT2D eigenvalue weighted by Crippen LogP contribution is -2.01. The fourth-order valence-electron chi connectivity index (χ4n) is 1.11. The van der Waals surface area contributed by atoms with Crippen molar-refractivity contribution in [1.82, 2.24) is 0 Å². The quantitative estimate of drug-likeness (QED) is 0.719. The van der Waals surface area contributed by atoms with Crippen LogP contribution in [-0.4, -0.2) is 10.5 Å². The van der Waals surface area contributed by atoms with Crippen LogP contribution in [0.4, 0.5) is 4.39 Å². The van der Waals surface area contributed by atoms with Gasteiger partial charge in [-0.05, 0) is 18.6 Å². The summed E-state index contributed by atoms with van der Waals surface area (Å²) in [7, 11) is -2.94. The number of benzene rings is 1. The van der Waals surface area contributed by atoms with Crippen LogP contribution in [0.5, 0.6) is 0 Å². The van der Waals surface area contributed by atoms with Gasteiger partial charge in [0.05, 0.1) is 14.6 Å². The van der Waals surface area contributed by atoms with Gasteiger partial charge >= 0.3 is 0 Å². The van der Waals surface area contributed by atoms with Crippen molar-refractivity contribution >= 4 is 9.73 Å². The van der Waals surface area contributed by atoms with Crippen LogP contribution >= 0.6 is 0 Å². The van der Waals surface area contributed by atoms with Crippen molar-refractivity contribution in [1.29, 1.82) is 4.78 Å². The summed E-state index contributed by atoms with van der Waals surface area (Å²) in [5, 5.41) is 0. The summed E-state index contributed by atoms with van der Waals surface area (Å²) < 4.78 is 31.5. The van der Waals surface area contributed by atoms with Gasteiger partial charge in [-0.25, -0.2) is 13.4 Å². The fraction of sp³-hybridized carbons (Fsp3) is 0.250. The molecule has 0 aliphatic heterocycles. The molecule has 1 unspecified atom stereocenters. The van der Waals surface area contributed by atoms with Crippen molar-refractivity contribution < 1.29 is 8.60 Å². The molecule has 0 spiro atoms. The van der Waals surface area contributed by atoms with Crippen molar-refractivity contribution in [3.63, 3.8) is 0 Å². The Morgan fingerprint density at radius 3 is 2.42 bits per heavy atom. The van der Waals surface area contributed by atoms with Crippen LogP contribution in [0.3, 0.4) is 0 Å². The zero-order valence-corrected chi connectivity index (χ0v) is 7.74. The SMILES string of the molecule is Cc1cccc(F)c1S(C)(=N)=O. The average molecular weight is 187 g/mol. The molecule has 0 amide bonds. The lowest BCUT2D eigenvalue weighted by atomic mass is 10.2. The lowest BCUT2D eigenvalue weighted by Gasteiger charge is -2.05. The number of hydrogen-bond acceptors (Lipinski definition) is 2. The highest BCUT2D eigenvalue weighted by Crippen LogP contribution is 2.18. The molecule has 2 nitrogen and oxygen atoms in total. The number of nitrogens with one attached hydrogen (secondary N) is 1. The van der Waals surface area contributed by atoms with E-state index in [1.54, 1.807) is 19.1 Å². The summed E-state index contributed by atoms with van der Waals surface area (Å²) in [6, 6.07) is 4.41. The minimum atomic E-state index is -2.94. The first kappa shape index (κ1) is 9.19. The summed E-state index contributed by atoms with van der Waals surface area (Å²) in [4.78, 5) is 0.0185. The van der Waals surface area contributed by atoms with Gasteiger partial charge < -0.3 is 0 Å². The van der Waals surface area contributed by atoms with Gasteiger partial charge in [-0.1, -0.05) is 12.1 Å². The molecule has 1 rings (SSSR count). The molecule has 1 N–H and O–H groups in total. The summed E-state index contributed by atoms with van der Waals surface area (Å²) in [6.07, 6.45) is 1.22. The maximum Gasteiger partial charge on any atom is 0.140 e. The third-order valence-electron chi connectivity index (χ3n) is 1.55. The van der Waals surface area contributed by atoms with Gasteiger partial charge in [0.15, 0.2) is 0 Å². The summed E-state index contributed by atoms with van der Waals surface area (Å²) in [6.45, 7) is 1.65. The highest BCUT2D eigenvalue weighted by Gasteiger charge is 2.12. The molecule has 0 bridgehead atoms. The highest BCUT2D eigenvalue weighted by atomic mass is 32.2. The molecule has 4 heteroatoms. The maximum atomic E-state index is 13.0. The van der Waals surface area contributed by atoms with Crippen molar-refractivity contribution in [3.8, 4) is 0 Å². The number of rotatable bonds is 1. The Hall–Kier alpha value is -0.900.